The monoisotopic (exact) mass is 399 g/mol. The zero-order valence-electron chi connectivity index (χ0n) is 15.8. The highest BCUT2D eigenvalue weighted by Gasteiger charge is 2.40. The number of nitrogens with zero attached hydrogens (tertiary/aromatic N) is 3. The van der Waals surface area contributed by atoms with Crippen LogP contribution in [0.5, 0.6) is 0 Å². The Balaban J connectivity index is 1.94. The van der Waals surface area contributed by atoms with Gasteiger partial charge in [0.2, 0.25) is 0 Å². The van der Waals surface area contributed by atoms with Crippen LogP contribution in [0.25, 0.3) is 0 Å². The summed E-state index contributed by atoms with van der Waals surface area (Å²) in [6.07, 6.45) is 2.26. The van der Waals surface area contributed by atoms with E-state index in [-0.39, 0.29) is 25.2 Å². The first-order valence-corrected chi connectivity index (χ1v) is 9.28. The van der Waals surface area contributed by atoms with Crippen LogP contribution in [-0.4, -0.2) is 64.9 Å². The molecule has 0 saturated carbocycles. The van der Waals surface area contributed by atoms with Gasteiger partial charge in [0.25, 0.3) is 17.7 Å². The molecule has 2 aromatic rings. The quantitative estimate of drug-likeness (QED) is 0.766. The van der Waals surface area contributed by atoms with Crippen molar-refractivity contribution in [2.24, 2.45) is 5.73 Å². The summed E-state index contributed by atoms with van der Waals surface area (Å²) >= 11 is 0. The number of pyridine rings is 1. The van der Waals surface area contributed by atoms with E-state index < -0.39 is 29.7 Å². The number of carbonyl (C=O) groups excluding carboxylic acids is 3. The van der Waals surface area contributed by atoms with Gasteiger partial charge in [0.1, 0.15) is 5.82 Å². The number of nitrogens with two attached hydrogens (primary N) is 1. The Hall–Kier alpha value is -3.33. The van der Waals surface area contributed by atoms with Crippen molar-refractivity contribution in [2.75, 3.05) is 26.2 Å². The lowest BCUT2D eigenvalue weighted by Crippen LogP contribution is -2.63. The fourth-order valence-corrected chi connectivity index (χ4v) is 3.26. The summed E-state index contributed by atoms with van der Waals surface area (Å²) in [4.78, 5) is 45.5. The minimum Gasteiger partial charge on any atom is -0.351 e. The highest BCUT2D eigenvalue weighted by atomic mass is 19.1. The Kier molecular flexibility index (Phi) is 6.50. The first-order valence-electron chi connectivity index (χ1n) is 9.28. The maximum atomic E-state index is 13.6. The predicted octanol–water partition coefficient (Wildman–Crippen LogP) is 0.610. The van der Waals surface area contributed by atoms with E-state index in [1.165, 1.54) is 40.4 Å². The third-order valence-electron chi connectivity index (χ3n) is 4.57. The molecule has 1 aliphatic rings. The molecule has 152 valence electrons. The third kappa shape index (κ3) is 4.57. The molecular formula is C20H22FN5O3. The molecule has 1 saturated heterocycles. The summed E-state index contributed by atoms with van der Waals surface area (Å²) in [5.74, 6) is -2.01. The molecule has 0 bridgehead atoms. The van der Waals surface area contributed by atoms with Gasteiger partial charge in [-0.15, -0.1) is 0 Å². The molecule has 3 N–H and O–H groups in total. The van der Waals surface area contributed by atoms with Crippen LogP contribution < -0.4 is 11.1 Å². The van der Waals surface area contributed by atoms with Gasteiger partial charge in [0, 0.05) is 44.1 Å². The van der Waals surface area contributed by atoms with E-state index in [4.69, 9.17) is 5.73 Å². The number of hydrogen-bond donors (Lipinski definition) is 2. The lowest BCUT2D eigenvalue weighted by molar-refractivity contribution is -0.132. The van der Waals surface area contributed by atoms with Gasteiger partial charge in [-0.05, 0) is 36.8 Å². The number of rotatable bonds is 5. The van der Waals surface area contributed by atoms with Crippen molar-refractivity contribution in [1.82, 2.24) is 20.1 Å². The molecule has 3 amide bonds. The van der Waals surface area contributed by atoms with Crippen LogP contribution in [0, 0.1) is 5.82 Å². The van der Waals surface area contributed by atoms with Crippen molar-refractivity contribution in [2.45, 2.75) is 12.6 Å². The SMILES string of the molecule is NCCNC(=O)C1N(C(=O)c2cccnc2)CCCN1C(=O)c1cccc(F)c1. The second-order valence-electron chi connectivity index (χ2n) is 6.56. The second-order valence-corrected chi connectivity index (χ2v) is 6.56. The standard InChI is InChI=1S/C20H22FN5O3/c21-16-6-1-4-14(12-16)19(28)25-10-3-11-26(18(25)17(27)24-9-7-22)20(29)15-5-2-8-23-13-15/h1-2,4-6,8,12-13,18H,3,7,9-11,22H2,(H,24,27). The molecule has 0 spiro atoms. The molecule has 9 heteroatoms. The molecule has 2 heterocycles. The van der Waals surface area contributed by atoms with Crippen LogP contribution in [0.3, 0.4) is 0 Å². The van der Waals surface area contributed by atoms with Gasteiger partial charge < -0.3 is 20.9 Å². The smallest absolute Gasteiger partial charge is 0.263 e. The maximum absolute atomic E-state index is 13.6. The molecular weight excluding hydrogens is 377 g/mol. The van der Waals surface area contributed by atoms with Gasteiger partial charge in [-0.25, -0.2) is 4.39 Å². The van der Waals surface area contributed by atoms with Gasteiger partial charge in [-0.1, -0.05) is 6.07 Å². The van der Waals surface area contributed by atoms with E-state index in [0.29, 0.717) is 18.5 Å². The summed E-state index contributed by atoms with van der Waals surface area (Å²) in [6.45, 7) is 0.966. The highest BCUT2D eigenvalue weighted by molar-refractivity contribution is 6.01. The molecule has 1 unspecified atom stereocenters. The number of hydrogen-bond acceptors (Lipinski definition) is 5. The molecule has 0 aliphatic carbocycles. The first-order chi connectivity index (χ1) is 14.0. The van der Waals surface area contributed by atoms with E-state index in [1.807, 2.05) is 0 Å². The molecule has 1 fully saturated rings. The topological polar surface area (TPSA) is 109 Å². The van der Waals surface area contributed by atoms with E-state index in [1.54, 1.807) is 12.1 Å². The summed E-state index contributed by atoms with van der Waals surface area (Å²) in [5.41, 5.74) is 5.89. The zero-order chi connectivity index (χ0) is 20.8. The minimum atomic E-state index is -1.17. The molecule has 8 nitrogen and oxygen atoms in total. The van der Waals surface area contributed by atoms with Crippen LogP contribution in [0.1, 0.15) is 27.1 Å². The van der Waals surface area contributed by atoms with Crippen molar-refractivity contribution >= 4 is 17.7 Å². The van der Waals surface area contributed by atoms with Gasteiger partial charge in [0.05, 0.1) is 5.56 Å². The van der Waals surface area contributed by atoms with Crippen LogP contribution in [0.2, 0.25) is 0 Å². The average Bonchev–Trinajstić information content (AvgIpc) is 2.76. The lowest BCUT2D eigenvalue weighted by Gasteiger charge is -2.42. The summed E-state index contributed by atoms with van der Waals surface area (Å²) in [7, 11) is 0. The zero-order valence-corrected chi connectivity index (χ0v) is 15.8. The van der Waals surface area contributed by atoms with Crippen molar-refractivity contribution < 1.29 is 18.8 Å². The number of benzene rings is 1. The number of carbonyl (C=O) groups is 3. The Morgan fingerprint density at radius 1 is 1.10 bits per heavy atom. The van der Waals surface area contributed by atoms with E-state index >= 15 is 0 Å². The number of aromatic nitrogens is 1. The van der Waals surface area contributed by atoms with Crippen LogP contribution >= 0.6 is 0 Å². The largest absolute Gasteiger partial charge is 0.351 e. The average molecular weight is 399 g/mol. The van der Waals surface area contributed by atoms with Gasteiger partial charge in [-0.2, -0.15) is 0 Å². The van der Waals surface area contributed by atoms with E-state index in [2.05, 4.69) is 10.3 Å². The molecule has 0 radical (unpaired) electrons. The van der Waals surface area contributed by atoms with E-state index in [9.17, 15) is 18.8 Å². The number of nitrogens with one attached hydrogen (secondary N) is 1. The van der Waals surface area contributed by atoms with Gasteiger partial charge in [0.15, 0.2) is 6.17 Å². The molecule has 1 aromatic heterocycles. The highest BCUT2D eigenvalue weighted by Crippen LogP contribution is 2.21. The fourth-order valence-electron chi connectivity index (χ4n) is 3.26. The van der Waals surface area contributed by atoms with Crippen LogP contribution in [0.15, 0.2) is 48.8 Å². The first kappa shape index (κ1) is 20.4. The fraction of sp³-hybridized carbons (Fsp3) is 0.300. The molecule has 1 aliphatic heterocycles. The van der Waals surface area contributed by atoms with Gasteiger partial charge in [-0.3, -0.25) is 19.4 Å². The maximum Gasteiger partial charge on any atom is 0.263 e. The second kappa shape index (κ2) is 9.24. The van der Waals surface area contributed by atoms with Crippen LogP contribution in [-0.2, 0) is 4.79 Å². The Morgan fingerprint density at radius 2 is 1.79 bits per heavy atom. The summed E-state index contributed by atoms with van der Waals surface area (Å²) in [5, 5.41) is 2.64. The van der Waals surface area contributed by atoms with Crippen molar-refractivity contribution in [1.29, 1.82) is 0 Å². The van der Waals surface area contributed by atoms with Crippen molar-refractivity contribution in [3.63, 3.8) is 0 Å². The van der Waals surface area contributed by atoms with Crippen LogP contribution in [0.4, 0.5) is 4.39 Å². The normalized spacial score (nSPS) is 16.4. The summed E-state index contributed by atoms with van der Waals surface area (Å²) < 4.78 is 13.6. The Bertz CT molecular complexity index is 893. The van der Waals surface area contributed by atoms with E-state index in [0.717, 1.165) is 6.07 Å². The summed E-state index contributed by atoms with van der Waals surface area (Å²) in [6, 6.07) is 8.46. The molecule has 1 aromatic carbocycles. The number of amides is 3. The third-order valence-corrected chi connectivity index (χ3v) is 4.57. The lowest BCUT2D eigenvalue weighted by atomic mass is 10.1. The molecule has 3 rings (SSSR count). The Labute approximate surface area is 167 Å². The van der Waals surface area contributed by atoms with Gasteiger partial charge >= 0.3 is 0 Å². The van der Waals surface area contributed by atoms with Crippen molar-refractivity contribution in [3.05, 3.63) is 65.7 Å². The minimum absolute atomic E-state index is 0.109. The van der Waals surface area contributed by atoms with Crippen molar-refractivity contribution in [3.8, 4) is 0 Å². The predicted molar refractivity (Wildman–Crippen MR) is 103 cm³/mol. The number of halogens is 1. The molecule has 29 heavy (non-hydrogen) atoms. The molecule has 1 atom stereocenters. The Morgan fingerprint density at radius 3 is 2.41 bits per heavy atom.